The maximum atomic E-state index is 11.7. The molecule has 0 bridgehead atoms. The summed E-state index contributed by atoms with van der Waals surface area (Å²) in [7, 11) is 0. The van der Waals surface area contributed by atoms with Crippen LogP contribution in [0.2, 0.25) is 5.02 Å². The Hall–Kier alpha value is -3.04. The van der Waals surface area contributed by atoms with Crippen molar-refractivity contribution in [3.05, 3.63) is 45.7 Å². The van der Waals surface area contributed by atoms with Crippen molar-refractivity contribution in [3.8, 4) is 22.9 Å². The normalized spacial score (nSPS) is 20.8. The fourth-order valence-corrected chi connectivity index (χ4v) is 6.04. The highest BCUT2D eigenvalue weighted by Crippen LogP contribution is 2.35. The number of ether oxygens (including phenoxy) is 1. The van der Waals surface area contributed by atoms with Crippen molar-refractivity contribution in [3.63, 3.8) is 0 Å². The quantitative estimate of drug-likeness (QED) is 0.301. The van der Waals surface area contributed by atoms with Crippen LogP contribution in [0.15, 0.2) is 33.6 Å². The third kappa shape index (κ3) is 5.40. The molecular formula is C28H33ClN6O3. The van der Waals surface area contributed by atoms with Crippen molar-refractivity contribution in [2.45, 2.75) is 84.0 Å². The van der Waals surface area contributed by atoms with Crippen LogP contribution in [-0.4, -0.2) is 35.8 Å². The second-order valence-electron chi connectivity index (χ2n) is 10.9. The van der Waals surface area contributed by atoms with E-state index in [4.69, 9.17) is 35.8 Å². The summed E-state index contributed by atoms with van der Waals surface area (Å²) in [6, 6.07) is 7.60. The molecule has 2 fully saturated rings. The Morgan fingerprint density at radius 2 is 1.89 bits per heavy atom. The Morgan fingerprint density at radius 1 is 1.08 bits per heavy atom. The van der Waals surface area contributed by atoms with E-state index < -0.39 is 5.76 Å². The van der Waals surface area contributed by atoms with Crippen molar-refractivity contribution >= 4 is 22.8 Å². The first-order chi connectivity index (χ1) is 18.5. The summed E-state index contributed by atoms with van der Waals surface area (Å²) in [5, 5.41) is 4.43. The van der Waals surface area contributed by atoms with Crippen LogP contribution in [0.25, 0.3) is 34.1 Å². The number of benzene rings is 1. The second-order valence-corrected chi connectivity index (χ2v) is 11.3. The van der Waals surface area contributed by atoms with Gasteiger partial charge in [-0.05, 0) is 49.7 Å². The van der Waals surface area contributed by atoms with Crippen LogP contribution in [-0.2, 0) is 17.9 Å². The maximum absolute atomic E-state index is 11.7. The van der Waals surface area contributed by atoms with E-state index >= 15 is 0 Å². The minimum Gasteiger partial charge on any atom is -0.370 e. The number of imidazole rings is 1. The van der Waals surface area contributed by atoms with Gasteiger partial charge in [-0.25, -0.2) is 19.7 Å². The molecule has 0 aliphatic heterocycles. The molecule has 6 rings (SSSR count). The number of aromatic amines is 1. The molecular weight excluding hydrogens is 504 g/mol. The first-order valence-corrected chi connectivity index (χ1v) is 14.1. The summed E-state index contributed by atoms with van der Waals surface area (Å²) < 4.78 is 13.4. The highest BCUT2D eigenvalue weighted by atomic mass is 35.5. The van der Waals surface area contributed by atoms with Crippen molar-refractivity contribution in [2.24, 2.45) is 11.8 Å². The summed E-state index contributed by atoms with van der Waals surface area (Å²) in [6.45, 7) is 3.60. The molecule has 200 valence electrons. The molecule has 1 aromatic carbocycles. The van der Waals surface area contributed by atoms with Gasteiger partial charge in [0.25, 0.3) is 0 Å². The van der Waals surface area contributed by atoms with Crippen LogP contribution in [0.4, 0.5) is 0 Å². The van der Waals surface area contributed by atoms with Gasteiger partial charge in [-0.2, -0.15) is 0 Å². The van der Waals surface area contributed by atoms with E-state index in [1.165, 1.54) is 44.9 Å². The van der Waals surface area contributed by atoms with Crippen LogP contribution >= 0.6 is 11.6 Å². The number of hydrogen-bond donors (Lipinski definition) is 1. The average molecular weight is 537 g/mol. The summed E-state index contributed by atoms with van der Waals surface area (Å²) in [5.74, 6) is 1.93. The van der Waals surface area contributed by atoms with Crippen molar-refractivity contribution in [1.82, 2.24) is 29.7 Å². The van der Waals surface area contributed by atoms with Crippen molar-refractivity contribution in [1.29, 1.82) is 0 Å². The SMILES string of the molecule is CC1CCC(Cn2c(COC3CCCCC3)nc3nc(-c4noc(=O)[nH]4)nc(-c4cccc(Cl)c4)c32)CC1. The largest absolute Gasteiger partial charge is 0.439 e. The van der Waals surface area contributed by atoms with Crippen molar-refractivity contribution < 1.29 is 9.26 Å². The number of fused-ring (bicyclic) bond motifs is 1. The lowest BCUT2D eigenvalue weighted by Crippen LogP contribution is -2.21. The fraction of sp³-hybridized carbons (Fsp3) is 0.536. The van der Waals surface area contributed by atoms with E-state index in [1.807, 2.05) is 24.3 Å². The minimum atomic E-state index is -0.661. The van der Waals surface area contributed by atoms with Gasteiger partial charge in [0.15, 0.2) is 5.65 Å². The lowest BCUT2D eigenvalue weighted by atomic mass is 9.83. The Balaban J connectivity index is 1.48. The fourth-order valence-electron chi connectivity index (χ4n) is 5.85. The van der Waals surface area contributed by atoms with Crippen molar-refractivity contribution in [2.75, 3.05) is 0 Å². The zero-order chi connectivity index (χ0) is 26.1. The zero-order valence-electron chi connectivity index (χ0n) is 21.7. The van der Waals surface area contributed by atoms with Gasteiger partial charge in [-0.3, -0.25) is 9.51 Å². The van der Waals surface area contributed by atoms with E-state index in [-0.39, 0.29) is 17.8 Å². The predicted molar refractivity (Wildman–Crippen MR) is 145 cm³/mol. The number of nitrogens with zero attached hydrogens (tertiary/aromatic N) is 5. The second kappa shape index (κ2) is 11.0. The molecule has 2 aliphatic carbocycles. The molecule has 0 radical (unpaired) electrons. The molecule has 10 heteroatoms. The lowest BCUT2D eigenvalue weighted by molar-refractivity contribution is 0.0120. The number of rotatable bonds is 7. The number of H-pyrrole nitrogens is 1. The van der Waals surface area contributed by atoms with Crippen LogP contribution < -0.4 is 5.76 Å². The van der Waals surface area contributed by atoms with Gasteiger partial charge in [0.05, 0.1) is 6.10 Å². The van der Waals surface area contributed by atoms with Crippen LogP contribution in [0.5, 0.6) is 0 Å². The van der Waals surface area contributed by atoms with Gasteiger partial charge in [0.2, 0.25) is 11.6 Å². The Kier molecular flexibility index (Phi) is 7.30. The molecule has 2 aliphatic rings. The number of aromatic nitrogens is 6. The smallest absolute Gasteiger partial charge is 0.370 e. The molecule has 3 aromatic heterocycles. The summed E-state index contributed by atoms with van der Waals surface area (Å²) in [4.78, 5) is 28.8. The molecule has 0 atom stereocenters. The first-order valence-electron chi connectivity index (χ1n) is 13.7. The van der Waals surface area contributed by atoms with Gasteiger partial charge in [-0.1, -0.05) is 67.9 Å². The highest BCUT2D eigenvalue weighted by Gasteiger charge is 2.26. The third-order valence-corrected chi connectivity index (χ3v) is 8.24. The zero-order valence-corrected chi connectivity index (χ0v) is 22.4. The lowest BCUT2D eigenvalue weighted by Gasteiger charge is -2.27. The minimum absolute atomic E-state index is 0.163. The highest BCUT2D eigenvalue weighted by molar-refractivity contribution is 6.30. The van der Waals surface area contributed by atoms with Gasteiger partial charge in [0, 0.05) is 17.1 Å². The molecule has 38 heavy (non-hydrogen) atoms. The van der Waals surface area contributed by atoms with E-state index in [0.29, 0.717) is 28.9 Å². The van der Waals surface area contributed by atoms with Crippen LogP contribution in [0.3, 0.4) is 0 Å². The maximum Gasteiger partial charge on any atom is 0.439 e. The monoisotopic (exact) mass is 536 g/mol. The molecule has 0 spiro atoms. The van der Waals surface area contributed by atoms with E-state index in [9.17, 15) is 4.79 Å². The summed E-state index contributed by atoms with van der Waals surface area (Å²) in [5.41, 5.74) is 2.93. The molecule has 3 heterocycles. The molecule has 1 N–H and O–H groups in total. The molecule has 4 aromatic rings. The number of hydrogen-bond acceptors (Lipinski definition) is 7. The first kappa shape index (κ1) is 25.2. The Labute approximate surface area is 226 Å². The standard InChI is InChI=1S/C28H33ClN6O3/c1-17-10-12-18(13-11-17)15-35-22(16-37-21-8-3-2-4-9-21)30-25-24(35)23(19-6-5-7-20(29)14-19)31-26(32-25)27-33-28(36)38-34-27/h5-7,14,17-18,21H,2-4,8-13,15-16H2,1H3,(H,33,34,36). The summed E-state index contributed by atoms with van der Waals surface area (Å²) in [6.07, 6.45) is 11.0. The van der Waals surface area contributed by atoms with E-state index in [0.717, 1.165) is 42.2 Å². The average Bonchev–Trinajstić information content (AvgIpc) is 3.52. The molecule has 9 nitrogen and oxygen atoms in total. The van der Waals surface area contributed by atoms with Crippen LogP contribution in [0.1, 0.15) is 70.5 Å². The molecule has 0 unspecified atom stereocenters. The molecule has 2 saturated carbocycles. The van der Waals surface area contributed by atoms with Gasteiger partial charge < -0.3 is 9.30 Å². The number of nitrogens with one attached hydrogen (secondary N) is 1. The predicted octanol–water partition coefficient (Wildman–Crippen LogP) is 6.17. The molecule has 0 amide bonds. The molecule has 0 saturated heterocycles. The van der Waals surface area contributed by atoms with Gasteiger partial charge in [-0.15, -0.1) is 0 Å². The summed E-state index contributed by atoms with van der Waals surface area (Å²) >= 11 is 6.40. The third-order valence-electron chi connectivity index (χ3n) is 8.01. The Bertz CT molecular complexity index is 1460. The van der Waals surface area contributed by atoms with Crippen LogP contribution in [0, 0.1) is 11.8 Å². The van der Waals surface area contributed by atoms with Gasteiger partial charge in [0.1, 0.15) is 23.6 Å². The van der Waals surface area contributed by atoms with Gasteiger partial charge >= 0.3 is 5.76 Å². The van der Waals surface area contributed by atoms with E-state index in [1.54, 1.807) is 0 Å². The van der Waals surface area contributed by atoms with E-state index in [2.05, 4.69) is 21.6 Å². The number of halogens is 1. The Morgan fingerprint density at radius 3 is 2.63 bits per heavy atom. The topological polar surface area (TPSA) is 112 Å².